The standard InChI is InChI=1S/C20H19N5O2S/c1-2-19-24-18(12-28-19)25-20(27)23-17(11-26)16-8-7-14(10-22-16)15-6-4-3-5-13(15)9-21/h1,7-8,10,12,17,26H,3-6,11H2,(H2,23,25,27). The van der Waals surface area contributed by atoms with E-state index in [-0.39, 0.29) is 6.61 Å². The third-order valence-electron chi connectivity index (χ3n) is 4.45. The van der Waals surface area contributed by atoms with Gasteiger partial charge in [-0.25, -0.2) is 9.78 Å². The van der Waals surface area contributed by atoms with E-state index in [1.165, 1.54) is 11.3 Å². The van der Waals surface area contributed by atoms with E-state index < -0.39 is 12.1 Å². The lowest BCUT2D eigenvalue weighted by Gasteiger charge is -2.18. The van der Waals surface area contributed by atoms with Crippen molar-refractivity contribution in [2.45, 2.75) is 31.7 Å². The lowest BCUT2D eigenvalue weighted by molar-refractivity contribution is 0.224. The number of rotatable bonds is 5. The van der Waals surface area contributed by atoms with E-state index in [1.807, 2.05) is 6.07 Å². The Kier molecular flexibility index (Phi) is 6.38. The van der Waals surface area contributed by atoms with E-state index >= 15 is 0 Å². The third-order valence-corrected chi connectivity index (χ3v) is 5.23. The molecule has 0 fully saturated rings. The smallest absolute Gasteiger partial charge is 0.321 e. The van der Waals surface area contributed by atoms with Crippen LogP contribution in [0.1, 0.15) is 48.0 Å². The molecule has 1 aliphatic rings. The maximum atomic E-state index is 12.2. The first-order valence-corrected chi connectivity index (χ1v) is 9.71. The Balaban J connectivity index is 1.69. The highest BCUT2D eigenvalue weighted by Crippen LogP contribution is 2.31. The van der Waals surface area contributed by atoms with E-state index in [1.54, 1.807) is 17.6 Å². The molecular formula is C20H19N5O2S. The van der Waals surface area contributed by atoms with Crippen LogP contribution in [0.2, 0.25) is 0 Å². The highest BCUT2D eigenvalue weighted by Gasteiger charge is 2.18. The number of urea groups is 1. The van der Waals surface area contributed by atoms with E-state index in [0.717, 1.165) is 42.4 Å². The Morgan fingerprint density at radius 3 is 2.86 bits per heavy atom. The van der Waals surface area contributed by atoms with Crippen molar-refractivity contribution in [3.8, 4) is 18.4 Å². The number of carbonyl (C=O) groups is 1. The number of allylic oxidation sites excluding steroid dienone is 2. The Labute approximate surface area is 167 Å². The molecule has 0 aromatic carbocycles. The number of terminal acetylenes is 1. The van der Waals surface area contributed by atoms with Gasteiger partial charge in [0.1, 0.15) is 5.82 Å². The number of nitriles is 1. The van der Waals surface area contributed by atoms with Gasteiger partial charge in [-0.3, -0.25) is 10.3 Å². The summed E-state index contributed by atoms with van der Waals surface area (Å²) in [5.74, 6) is 2.75. The van der Waals surface area contributed by atoms with Gasteiger partial charge in [-0.15, -0.1) is 17.8 Å². The number of nitrogens with one attached hydrogen (secondary N) is 2. The molecule has 2 heterocycles. The van der Waals surface area contributed by atoms with Crippen molar-refractivity contribution in [3.05, 3.63) is 45.5 Å². The minimum absolute atomic E-state index is 0.307. The van der Waals surface area contributed by atoms with Gasteiger partial charge >= 0.3 is 6.03 Å². The highest BCUT2D eigenvalue weighted by molar-refractivity contribution is 7.10. The molecule has 0 aliphatic heterocycles. The van der Waals surface area contributed by atoms with Crippen molar-refractivity contribution in [1.29, 1.82) is 5.26 Å². The van der Waals surface area contributed by atoms with Crippen LogP contribution in [0, 0.1) is 23.7 Å². The summed E-state index contributed by atoms with van der Waals surface area (Å²) in [6.45, 7) is -0.307. The number of amides is 2. The number of thiazole rings is 1. The Morgan fingerprint density at radius 1 is 1.39 bits per heavy atom. The fourth-order valence-corrected chi connectivity index (χ4v) is 3.61. The van der Waals surface area contributed by atoms with E-state index in [4.69, 9.17) is 6.42 Å². The lowest BCUT2D eigenvalue weighted by atomic mass is 9.88. The zero-order chi connectivity index (χ0) is 19.9. The SMILES string of the molecule is C#Cc1nc(NC(=O)NC(CO)c2ccc(C3=C(C#N)CCCC3)cn2)cs1. The van der Waals surface area contributed by atoms with Crippen molar-refractivity contribution in [3.63, 3.8) is 0 Å². The van der Waals surface area contributed by atoms with E-state index in [0.29, 0.717) is 16.5 Å². The first-order chi connectivity index (χ1) is 13.6. The monoisotopic (exact) mass is 393 g/mol. The fourth-order valence-electron chi connectivity index (χ4n) is 3.06. The molecule has 3 rings (SSSR count). The molecule has 2 amide bonds. The van der Waals surface area contributed by atoms with Crippen LogP contribution in [0.15, 0.2) is 29.3 Å². The molecule has 142 valence electrons. The number of pyridine rings is 1. The molecule has 0 saturated carbocycles. The molecule has 7 nitrogen and oxygen atoms in total. The Morgan fingerprint density at radius 2 is 2.21 bits per heavy atom. The zero-order valence-electron chi connectivity index (χ0n) is 15.1. The van der Waals surface area contributed by atoms with Crippen LogP contribution in [-0.4, -0.2) is 27.7 Å². The second-order valence-electron chi connectivity index (χ2n) is 6.26. The average Bonchev–Trinajstić information content (AvgIpc) is 3.19. The Hall–Kier alpha value is -3.20. The van der Waals surface area contributed by atoms with E-state index in [2.05, 4.69) is 32.6 Å². The van der Waals surface area contributed by atoms with Crippen LogP contribution in [0.3, 0.4) is 0 Å². The summed E-state index contributed by atoms with van der Waals surface area (Å²) in [4.78, 5) is 20.6. The van der Waals surface area contributed by atoms with Crippen molar-refractivity contribution in [2.24, 2.45) is 0 Å². The quantitative estimate of drug-likeness (QED) is 0.676. The lowest BCUT2D eigenvalue weighted by Crippen LogP contribution is -2.34. The van der Waals surface area contributed by atoms with Gasteiger partial charge in [0, 0.05) is 17.2 Å². The number of anilines is 1. The van der Waals surface area contributed by atoms with E-state index in [9.17, 15) is 15.2 Å². The summed E-state index contributed by atoms with van der Waals surface area (Å²) in [5.41, 5.74) is 3.28. The first-order valence-electron chi connectivity index (χ1n) is 8.83. The zero-order valence-corrected chi connectivity index (χ0v) is 15.9. The Bertz CT molecular complexity index is 966. The minimum Gasteiger partial charge on any atom is -0.394 e. The first kappa shape index (κ1) is 19.6. The second-order valence-corrected chi connectivity index (χ2v) is 7.12. The number of hydrogen-bond donors (Lipinski definition) is 3. The van der Waals surface area contributed by atoms with Gasteiger partial charge in [0.15, 0.2) is 5.01 Å². The number of nitrogens with zero attached hydrogens (tertiary/aromatic N) is 3. The summed E-state index contributed by atoms with van der Waals surface area (Å²) in [5, 5.41) is 26.3. The normalized spacial score (nSPS) is 14.7. The predicted octanol–water partition coefficient (Wildman–Crippen LogP) is 3.23. The fraction of sp³-hybridized carbons (Fsp3) is 0.300. The molecule has 2 aromatic rings. The van der Waals surface area contributed by atoms with Gasteiger partial charge in [-0.2, -0.15) is 5.26 Å². The minimum atomic E-state index is -0.671. The molecule has 28 heavy (non-hydrogen) atoms. The third kappa shape index (κ3) is 4.55. The second kappa shape index (κ2) is 9.14. The van der Waals surface area contributed by atoms with Crippen LogP contribution in [0.25, 0.3) is 5.57 Å². The highest BCUT2D eigenvalue weighted by atomic mass is 32.1. The van der Waals surface area contributed by atoms with Gasteiger partial charge in [0.25, 0.3) is 0 Å². The van der Waals surface area contributed by atoms with Gasteiger partial charge in [0.05, 0.1) is 24.4 Å². The molecular weight excluding hydrogens is 374 g/mol. The van der Waals surface area contributed by atoms with Gasteiger partial charge in [-0.1, -0.05) is 6.07 Å². The molecule has 2 aromatic heterocycles. The molecule has 1 unspecified atom stereocenters. The number of hydrogen-bond acceptors (Lipinski definition) is 6. The maximum absolute atomic E-state index is 12.2. The van der Waals surface area contributed by atoms with Crippen LogP contribution >= 0.6 is 11.3 Å². The number of aromatic nitrogens is 2. The predicted molar refractivity (Wildman–Crippen MR) is 107 cm³/mol. The van der Waals surface area contributed by atoms with Gasteiger partial charge in [0.2, 0.25) is 0 Å². The number of carbonyl (C=O) groups excluding carboxylic acids is 1. The van der Waals surface area contributed by atoms with Crippen molar-refractivity contribution in [1.82, 2.24) is 15.3 Å². The topological polar surface area (TPSA) is 111 Å². The average molecular weight is 393 g/mol. The molecule has 8 heteroatoms. The van der Waals surface area contributed by atoms with Crippen molar-refractivity contribution >= 4 is 28.8 Å². The summed E-state index contributed by atoms with van der Waals surface area (Å²) in [6.07, 6.45) is 10.7. The van der Waals surface area contributed by atoms with Crippen LogP contribution in [0.4, 0.5) is 10.6 Å². The molecule has 3 N–H and O–H groups in total. The number of aliphatic hydroxyl groups excluding tert-OH is 1. The van der Waals surface area contributed by atoms with Gasteiger partial charge < -0.3 is 10.4 Å². The summed E-state index contributed by atoms with van der Waals surface area (Å²) in [7, 11) is 0. The van der Waals surface area contributed by atoms with Gasteiger partial charge in [-0.05, 0) is 48.8 Å². The summed E-state index contributed by atoms with van der Waals surface area (Å²) >= 11 is 1.25. The van der Waals surface area contributed by atoms with Crippen molar-refractivity contribution < 1.29 is 9.90 Å². The molecule has 0 spiro atoms. The maximum Gasteiger partial charge on any atom is 0.321 e. The molecule has 1 aliphatic carbocycles. The van der Waals surface area contributed by atoms with Crippen LogP contribution in [-0.2, 0) is 0 Å². The number of aliphatic hydroxyl groups is 1. The summed E-state index contributed by atoms with van der Waals surface area (Å²) < 4.78 is 0. The summed E-state index contributed by atoms with van der Waals surface area (Å²) in [6, 6.07) is 4.73. The van der Waals surface area contributed by atoms with Crippen LogP contribution < -0.4 is 10.6 Å². The van der Waals surface area contributed by atoms with Crippen LogP contribution in [0.5, 0.6) is 0 Å². The largest absolute Gasteiger partial charge is 0.394 e. The molecule has 0 saturated heterocycles. The molecule has 1 atom stereocenters. The molecule has 0 bridgehead atoms. The molecule has 0 radical (unpaired) electrons. The van der Waals surface area contributed by atoms with Crippen molar-refractivity contribution in [2.75, 3.05) is 11.9 Å².